The third-order valence-corrected chi connectivity index (χ3v) is 5.03. The fourth-order valence-corrected chi connectivity index (χ4v) is 3.60. The molecule has 0 fully saturated rings. The van der Waals surface area contributed by atoms with Gasteiger partial charge < -0.3 is 14.8 Å². The van der Waals surface area contributed by atoms with Crippen molar-refractivity contribution in [3.8, 4) is 22.8 Å². The third-order valence-electron chi connectivity index (χ3n) is 4.27. The van der Waals surface area contributed by atoms with E-state index in [2.05, 4.69) is 23.3 Å². The van der Waals surface area contributed by atoms with Crippen molar-refractivity contribution < 1.29 is 14.3 Å². The van der Waals surface area contributed by atoms with E-state index in [1.165, 1.54) is 16.9 Å². The van der Waals surface area contributed by atoms with Crippen LogP contribution in [0.5, 0.6) is 11.5 Å². The average Bonchev–Trinajstić information content (AvgIpc) is 3.14. The SMILES string of the molecule is COc1ccccc1-c1csc(NC(=O)CCCOc2ccc(C)cc2C)n1. The Hall–Kier alpha value is -2.86. The maximum atomic E-state index is 12.2. The molecule has 28 heavy (non-hydrogen) atoms. The van der Waals surface area contributed by atoms with Gasteiger partial charge in [-0.2, -0.15) is 0 Å². The van der Waals surface area contributed by atoms with Crippen LogP contribution in [0.2, 0.25) is 0 Å². The Morgan fingerprint density at radius 3 is 2.75 bits per heavy atom. The topological polar surface area (TPSA) is 60.5 Å². The average molecular weight is 397 g/mol. The summed E-state index contributed by atoms with van der Waals surface area (Å²) < 4.78 is 11.1. The van der Waals surface area contributed by atoms with Crippen LogP contribution in [0.25, 0.3) is 11.3 Å². The predicted molar refractivity (Wildman–Crippen MR) is 113 cm³/mol. The van der Waals surface area contributed by atoms with Crippen LogP contribution < -0.4 is 14.8 Å². The molecular formula is C22H24N2O3S. The van der Waals surface area contributed by atoms with Crippen LogP contribution in [0.15, 0.2) is 47.8 Å². The van der Waals surface area contributed by atoms with Crippen LogP contribution in [0.3, 0.4) is 0 Å². The first kappa shape index (κ1) is 19.9. The maximum absolute atomic E-state index is 12.2. The van der Waals surface area contributed by atoms with Gasteiger partial charge in [0.15, 0.2) is 5.13 Å². The number of amides is 1. The van der Waals surface area contributed by atoms with Gasteiger partial charge in [-0.1, -0.05) is 29.8 Å². The fourth-order valence-electron chi connectivity index (χ4n) is 2.87. The van der Waals surface area contributed by atoms with Crippen molar-refractivity contribution in [1.29, 1.82) is 0 Å². The quantitative estimate of drug-likeness (QED) is 0.530. The number of methoxy groups -OCH3 is 1. The Bertz CT molecular complexity index is 952. The van der Waals surface area contributed by atoms with Crippen LogP contribution in [0.1, 0.15) is 24.0 Å². The molecule has 0 spiro atoms. The Morgan fingerprint density at radius 1 is 1.14 bits per heavy atom. The molecule has 3 aromatic rings. The molecule has 1 amide bonds. The molecule has 0 unspecified atom stereocenters. The van der Waals surface area contributed by atoms with E-state index in [9.17, 15) is 4.79 Å². The molecule has 1 aromatic heterocycles. The van der Waals surface area contributed by atoms with Crippen molar-refractivity contribution in [1.82, 2.24) is 4.98 Å². The van der Waals surface area contributed by atoms with Gasteiger partial charge in [-0.25, -0.2) is 4.98 Å². The van der Waals surface area contributed by atoms with E-state index in [4.69, 9.17) is 9.47 Å². The molecule has 1 N–H and O–H groups in total. The minimum absolute atomic E-state index is 0.0647. The summed E-state index contributed by atoms with van der Waals surface area (Å²) in [7, 11) is 1.63. The van der Waals surface area contributed by atoms with Crippen molar-refractivity contribution in [2.75, 3.05) is 19.0 Å². The zero-order valence-corrected chi connectivity index (χ0v) is 17.1. The fraction of sp³-hybridized carbons (Fsp3) is 0.273. The van der Waals surface area contributed by atoms with Gasteiger partial charge in [-0.3, -0.25) is 4.79 Å². The second-order valence-electron chi connectivity index (χ2n) is 6.51. The van der Waals surface area contributed by atoms with Crippen LogP contribution >= 0.6 is 11.3 Å². The molecule has 0 saturated carbocycles. The van der Waals surface area contributed by atoms with Crippen LogP contribution in [0, 0.1) is 13.8 Å². The summed E-state index contributed by atoms with van der Waals surface area (Å²) in [4.78, 5) is 16.7. The number of nitrogens with zero attached hydrogens (tertiary/aromatic N) is 1. The van der Waals surface area contributed by atoms with Gasteiger partial charge >= 0.3 is 0 Å². The van der Waals surface area contributed by atoms with E-state index >= 15 is 0 Å². The van der Waals surface area contributed by atoms with E-state index in [0.717, 1.165) is 28.3 Å². The molecular weight excluding hydrogens is 372 g/mol. The van der Waals surface area contributed by atoms with Crippen molar-refractivity contribution >= 4 is 22.4 Å². The Kier molecular flexibility index (Phi) is 6.66. The van der Waals surface area contributed by atoms with Crippen LogP contribution in [-0.4, -0.2) is 24.6 Å². The zero-order valence-electron chi connectivity index (χ0n) is 16.3. The van der Waals surface area contributed by atoms with Gasteiger partial charge in [0.1, 0.15) is 11.5 Å². The number of ether oxygens (including phenoxy) is 2. The maximum Gasteiger partial charge on any atom is 0.226 e. The lowest BCUT2D eigenvalue weighted by atomic mass is 10.1. The molecule has 0 atom stereocenters. The number of aromatic nitrogens is 1. The molecule has 1 heterocycles. The minimum atomic E-state index is -0.0647. The second-order valence-corrected chi connectivity index (χ2v) is 7.37. The van der Waals surface area contributed by atoms with Gasteiger partial charge in [0, 0.05) is 17.4 Å². The molecule has 2 aromatic carbocycles. The van der Waals surface area contributed by atoms with Crippen molar-refractivity contribution in [3.05, 3.63) is 59.0 Å². The number of hydrogen-bond donors (Lipinski definition) is 1. The van der Waals surface area contributed by atoms with Gasteiger partial charge in [0.2, 0.25) is 5.91 Å². The predicted octanol–water partition coefficient (Wildman–Crippen LogP) is 5.23. The van der Waals surface area contributed by atoms with E-state index < -0.39 is 0 Å². The zero-order chi connectivity index (χ0) is 19.9. The van der Waals surface area contributed by atoms with Gasteiger partial charge in [-0.15, -0.1) is 11.3 Å². The number of carbonyl (C=O) groups excluding carboxylic acids is 1. The lowest BCUT2D eigenvalue weighted by Crippen LogP contribution is -2.12. The standard InChI is InChI=1S/C22H24N2O3S/c1-15-10-11-19(16(2)13-15)27-12-6-9-21(25)24-22-23-18(14-28-22)17-7-4-5-8-20(17)26-3/h4-5,7-8,10-11,13-14H,6,9,12H2,1-3H3,(H,23,24,25). The highest BCUT2D eigenvalue weighted by Crippen LogP contribution is 2.31. The molecule has 0 aliphatic carbocycles. The lowest BCUT2D eigenvalue weighted by Gasteiger charge is -2.09. The monoisotopic (exact) mass is 396 g/mol. The lowest BCUT2D eigenvalue weighted by molar-refractivity contribution is -0.116. The van der Waals surface area contributed by atoms with E-state index in [0.29, 0.717) is 24.6 Å². The number of aryl methyl sites for hydroxylation is 2. The molecule has 0 saturated heterocycles. The molecule has 6 heteroatoms. The summed E-state index contributed by atoms with van der Waals surface area (Å²) in [6, 6.07) is 13.8. The summed E-state index contributed by atoms with van der Waals surface area (Å²) in [6.07, 6.45) is 1.03. The van der Waals surface area contributed by atoms with Crippen molar-refractivity contribution in [2.24, 2.45) is 0 Å². The summed E-state index contributed by atoms with van der Waals surface area (Å²) in [5.74, 6) is 1.56. The first-order valence-electron chi connectivity index (χ1n) is 9.15. The number of rotatable bonds is 8. The summed E-state index contributed by atoms with van der Waals surface area (Å²) >= 11 is 1.40. The summed E-state index contributed by atoms with van der Waals surface area (Å²) in [6.45, 7) is 4.58. The van der Waals surface area contributed by atoms with Crippen LogP contribution in [0.4, 0.5) is 5.13 Å². The normalized spacial score (nSPS) is 10.5. The Morgan fingerprint density at radius 2 is 1.96 bits per heavy atom. The first-order valence-corrected chi connectivity index (χ1v) is 10.0. The number of carbonyl (C=O) groups is 1. The van der Waals surface area contributed by atoms with Gasteiger partial charge in [0.05, 0.1) is 19.4 Å². The number of thiazole rings is 1. The van der Waals surface area contributed by atoms with Crippen molar-refractivity contribution in [2.45, 2.75) is 26.7 Å². The number of hydrogen-bond acceptors (Lipinski definition) is 5. The summed E-state index contributed by atoms with van der Waals surface area (Å²) in [5.41, 5.74) is 4.01. The highest BCUT2D eigenvalue weighted by Gasteiger charge is 2.11. The van der Waals surface area contributed by atoms with E-state index in [1.807, 2.05) is 48.7 Å². The second kappa shape index (κ2) is 9.37. The Labute approximate surface area is 169 Å². The van der Waals surface area contributed by atoms with E-state index in [1.54, 1.807) is 7.11 Å². The number of benzene rings is 2. The molecule has 0 radical (unpaired) electrons. The molecule has 0 bridgehead atoms. The largest absolute Gasteiger partial charge is 0.496 e. The summed E-state index contributed by atoms with van der Waals surface area (Å²) in [5, 5.41) is 5.36. The molecule has 146 valence electrons. The highest BCUT2D eigenvalue weighted by atomic mass is 32.1. The van der Waals surface area contributed by atoms with Gasteiger partial charge in [-0.05, 0) is 44.0 Å². The Balaban J connectivity index is 1.48. The number of anilines is 1. The number of para-hydroxylation sites is 1. The molecule has 5 nitrogen and oxygen atoms in total. The van der Waals surface area contributed by atoms with Crippen molar-refractivity contribution in [3.63, 3.8) is 0 Å². The number of nitrogens with one attached hydrogen (secondary N) is 1. The third kappa shape index (κ3) is 5.10. The first-order chi connectivity index (χ1) is 13.6. The molecule has 0 aliphatic rings. The van der Waals surface area contributed by atoms with E-state index in [-0.39, 0.29) is 5.91 Å². The minimum Gasteiger partial charge on any atom is -0.496 e. The molecule has 0 aliphatic heterocycles. The smallest absolute Gasteiger partial charge is 0.226 e. The van der Waals surface area contributed by atoms with Gasteiger partial charge in [0.25, 0.3) is 0 Å². The molecule has 3 rings (SSSR count). The highest BCUT2D eigenvalue weighted by molar-refractivity contribution is 7.14. The van der Waals surface area contributed by atoms with Crippen LogP contribution in [-0.2, 0) is 4.79 Å².